The first-order valence-electron chi connectivity index (χ1n) is 7.35. The summed E-state index contributed by atoms with van der Waals surface area (Å²) >= 11 is 8.66. The number of nitrogens with one attached hydrogen (secondary N) is 1. The number of nitrogens with zero attached hydrogens (tertiary/aromatic N) is 3. The Kier molecular flexibility index (Phi) is 4.73. The van der Waals surface area contributed by atoms with Crippen LogP contribution in [0.25, 0.3) is 0 Å². The number of benzene rings is 1. The van der Waals surface area contributed by atoms with E-state index in [1.54, 1.807) is 23.0 Å². The van der Waals surface area contributed by atoms with Gasteiger partial charge >= 0.3 is 0 Å². The molecule has 0 saturated heterocycles. The molecule has 1 heterocycles. The van der Waals surface area contributed by atoms with Gasteiger partial charge in [-0.25, -0.2) is 0 Å². The van der Waals surface area contributed by atoms with Gasteiger partial charge in [-0.05, 0) is 43.3 Å². The van der Waals surface area contributed by atoms with Crippen molar-refractivity contribution in [3.8, 4) is 5.75 Å². The van der Waals surface area contributed by atoms with Gasteiger partial charge in [0, 0.05) is 16.0 Å². The normalized spacial score (nSPS) is 16.4. The van der Waals surface area contributed by atoms with Gasteiger partial charge in [0.25, 0.3) is 0 Å². The largest absolute Gasteiger partial charge is 0.507 e. The number of phenols is 1. The first kappa shape index (κ1) is 15.4. The lowest BCUT2D eigenvalue weighted by Gasteiger charge is -2.19. The Bertz CT molecular complexity index is 746. The Morgan fingerprint density at radius 1 is 1.36 bits per heavy atom. The third kappa shape index (κ3) is 3.30. The molecule has 0 radical (unpaired) electrons. The molecule has 0 unspecified atom stereocenters. The fourth-order valence-corrected chi connectivity index (χ4v) is 3.35. The van der Waals surface area contributed by atoms with Crippen LogP contribution in [0, 0.1) is 4.77 Å². The predicted octanol–water partition coefficient (Wildman–Crippen LogP) is 4.34. The molecule has 0 spiro atoms. The molecule has 0 atom stereocenters. The number of aromatic nitrogens is 3. The summed E-state index contributed by atoms with van der Waals surface area (Å²) in [5.74, 6) is 1.46. The summed E-state index contributed by atoms with van der Waals surface area (Å²) in [6.07, 6.45) is 7.59. The predicted molar refractivity (Wildman–Crippen MR) is 92.0 cm³/mol. The topological polar surface area (TPSA) is 66.2 Å². The van der Waals surface area contributed by atoms with Gasteiger partial charge in [-0.3, -0.25) is 5.10 Å². The van der Waals surface area contributed by atoms with E-state index in [9.17, 15) is 5.11 Å². The maximum atomic E-state index is 9.88. The van der Waals surface area contributed by atoms with E-state index in [2.05, 4.69) is 31.2 Å². The van der Waals surface area contributed by atoms with E-state index in [1.807, 2.05) is 6.07 Å². The molecule has 1 saturated carbocycles. The molecule has 1 aromatic heterocycles. The number of hydrogen-bond donors (Lipinski definition) is 2. The summed E-state index contributed by atoms with van der Waals surface area (Å²) in [4.78, 5) is 0. The number of aromatic amines is 1. The highest BCUT2D eigenvalue weighted by molar-refractivity contribution is 9.10. The molecule has 3 rings (SSSR count). The lowest BCUT2D eigenvalue weighted by Crippen LogP contribution is -2.10. The fourth-order valence-electron chi connectivity index (χ4n) is 2.79. The van der Waals surface area contributed by atoms with Gasteiger partial charge < -0.3 is 5.11 Å². The maximum absolute atomic E-state index is 9.88. The minimum atomic E-state index is 0.182. The van der Waals surface area contributed by atoms with Crippen LogP contribution in [0.2, 0.25) is 0 Å². The molecule has 116 valence electrons. The molecule has 7 heteroatoms. The molecule has 1 aliphatic rings. The van der Waals surface area contributed by atoms with Gasteiger partial charge in [0.05, 0.1) is 6.21 Å². The van der Waals surface area contributed by atoms with Crippen molar-refractivity contribution < 1.29 is 5.11 Å². The molecule has 0 bridgehead atoms. The van der Waals surface area contributed by atoms with Gasteiger partial charge in [0.15, 0.2) is 5.82 Å². The summed E-state index contributed by atoms with van der Waals surface area (Å²) in [7, 11) is 0. The van der Waals surface area contributed by atoms with Gasteiger partial charge in [0.1, 0.15) is 5.75 Å². The highest BCUT2D eigenvalue weighted by atomic mass is 79.9. The molecule has 1 aliphatic carbocycles. The fraction of sp³-hybridized carbons (Fsp3) is 0.400. The molecule has 2 aromatic rings. The second-order valence-corrected chi connectivity index (χ2v) is 6.78. The van der Waals surface area contributed by atoms with E-state index in [0.29, 0.717) is 16.3 Å². The zero-order chi connectivity index (χ0) is 15.5. The van der Waals surface area contributed by atoms with Crippen molar-refractivity contribution in [1.29, 1.82) is 0 Å². The van der Waals surface area contributed by atoms with Crippen LogP contribution in [0.1, 0.15) is 49.4 Å². The molecular formula is C15H17BrN4OS. The molecule has 5 nitrogen and oxygen atoms in total. The van der Waals surface area contributed by atoms with Crippen LogP contribution >= 0.6 is 28.1 Å². The number of halogens is 1. The van der Waals surface area contributed by atoms with Crippen molar-refractivity contribution in [2.75, 3.05) is 0 Å². The van der Waals surface area contributed by atoms with Crippen molar-refractivity contribution >= 4 is 34.4 Å². The molecule has 22 heavy (non-hydrogen) atoms. The van der Waals surface area contributed by atoms with E-state index < -0.39 is 0 Å². The summed E-state index contributed by atoms with van der Waals surface area (Å²) in [5, 5.41) is 21.5. The highest BCUT2D eigenvalue weighted by Crippen LogP contribution is 2.31. The summed E-state index contributed by atoms with van der Waals surface area (Å²) in [6, 6.07) is 5.22. The first-order valence-corrected chi connectivity index (χ1v) is 8.55. The lowest BCUT2D eigenvalue weighted by atomic mass is 9.89. The smallest absolute Gasteiger partial charge is 0.216 e. The summed E-state index contributed by atoms with van der Waals surface area (Å²) in [6.45, 7) is 0. The minimum absolute atomic E-state index is 0.182. The first-order chi connectivity index (χ1) is 10.6. The van der Waals surface area contributed by atoms with Crippen molar-refractivity contribution in [3.05, 3.63) is 38.8 Å². The zero-order valence-corrected chi connectivity index (χ0v) is 14.4. The monoisotopic (exact) mass is 380 g/mol. The van der Waals surface area contributed by atoms with Crippen molar-refractivity contribution in [1.82, 2.24) is 14.9 Å². The average Bonchev–Trinajstić information content (AvgIpc) is 2.90. The number of aromatic hydroxyl groups is 1. The Morgan fingerprint density at radius 3 is 2.91 bits per heavy atom. The second kappa shape index (κ2) is 6.75. The minimum Gasteiger partial charge on any atom is -0.507 e. The Balaban J connectivity index is 1.91. The second-order valence-electron chi connectivity index (χ2n) is 5.48. The number of hydrogen-bond acceptors (Lipinski definition) is 4. The quantitative estimate of drug-likeness (QED) is 0.614. The van der Waals surface area contributed by atoms with Crippen LogP contribution in [0.4, 0.5) is 0 Å². The zero-order valence-electron chi connectivity index (χ0n) is 12.0. The third-order valence-electron chi connectivity index (χ3n) is 3.95. The Morgan fingerprint density at radius 2 is 2.14 bits per heavy atom. The third-order valence-corrected chi connectivity index (χ3v) is 4.71. The van der Waals surface area contributed by atoms with Gasteiger partial charge in [-0.2, -0.15) is 14.9 Å². The number of rotatable bonds is 3. The van der Waals surface area contributed by atoms with Crippen LogP contribution in [0.15, 0.2) is 27.8 Å². The lowest BCUT2D eigenvalue weighted by molar-refractivity contribution is 0.419. The summed E-state index contributed by atoms with van der Waals surface area (Å²) < 4.78 is 3.03. The SMILES string of the molecule is Oc1ccc(Br)cc1/C=N\n1c(C2CCCCC2)n[nH]c1=S. The van der Waals surface area contributed by atoms with Crippen molar-refractivity contribution in [2.24, 2.45) is 5.10 Å². The average molecular weight is 381 g/mol. The molecule has 0 aliphatic heterocycles. The van der Waals surface area contributed by atoms with Gasteiger partial charge in [-0.1, -0.05) is 35.2 Å². The Labute approximate surface area is 142 Å². The molecule has 2 N–H and O–H groups in total. The maximum Gasteiger partial charge on any atom is 0.216 e. The van der Waals surface area contributed by atoms with E-state index in [0.717, 1.165) is 23.1 Å². The number of phenolic OH excluding ortho intramolecular Hbond substituents is 1. The van der Waals surface area contributed by atoms with Crippen LogP contribution in [0.5, 0.6) is 5.75 Å². The van der Waals surface area contributed by atoms with E-state index in [4.69, 9.17) is 12.2 Å². The van der Waals surface area contributed by atoms with Crippen LogP contribution < -0.4 is 0 Å². The van der Waals surface area contributed by atoms with Crippen LogP contribution in [-0.2, 0) is 0 Å². The van der Waals surface area contributed by atoms with Crippen LogP contribution in [-0.4, -0.2) is 26.2 Å². The van der Waals surface area contributed by atoms with Gasteiger partial charge in [0.2, 0.25) is 4.77 Å². The molecule has 0 amide bonds. The highest BCUT2D eigenvalue weighted by Gasteiger charge is 2.21. The summed E-state index contributed by atoms with van der Waals surface area (Å²) in [5.41, 5.74) is 0.632. The standard InChI is InChI=1S/C15H17BrN4OS/c16-12-6-7-13(21)11(8-12)9-17-20-14(18-19-15(20)22)10-4-2-1-3-5-10/h6-10,21H,1-5H2,(H,19,22)/b17-9-. The van der Waals surface area contributed by atoms with E-state index in [1.165, 1.54) is 19.3 Å². The molecule has 1 fully saturated rings. The van der Waals surface area contributed by atoms with E-state index >= 15 is 0 Å². The van der Waals surface area contributed by atoms with E-state index in [-0.39, 0.29) is 5.75 Å². The van der Waals surface area contributed by atoms with Gasteiger partial charge in [-0.15, -0.1) is 0 Å². The molecular weight excluding hydrogens is 364 g/mol. The Hall–Kier alpha value is -1.47. The van der Waals surface area contributed by atoms with Crippen LogP contribution in [0.3, 0.4) is 0 Å². The van der Waals surface area contributed by atoms with Crippen molar-refractivity contribution in [3.63, 3.8) is 0 Å². The number of H-pyrrole nitrogens is 1. The van der Waals surface area contributed by atoms with Crippen molar-refractivity contribution in [2.45, 2.75) is 38.0 Å². The molecule has 1 aromatic carbocycles.